The monoisotopic (exact) mass is 383 g/mol. The summed E-state index contributed by atoms with van der Waals surface area (Å²) in [7, 11) is 1.63. The van der Waals surface area contributed by atoms with Gasteiger partial charge in [-0.1, -0.05) is 0 Å². The molecule has 0 aliphatic heterocycles. The van der Waals surface area contributed by atoms with Crippen molar-refractivity contribution in [2.45, 2.75) is 26.3 Å². The maximum Gasteiger partial charge on any atom is 0.273 e. The third kappa shape index (κ3) is 6.29. The Morgan fingerprint density at radius 1 is 1.23 bits per heavy atom. The Labute approximate surface area is 159 Å². The van der Waals surface area contributed by atoms with Crippen LogP contribution in [0.5, 0.6) is 5.75 Å². The Morgan fingerprint density at radius 3 is 2.46 bits per heavy atom. The molecule has 0 aliphatic carbocycles. The summed E-state index contributed by atoms with van der Waals surface area (Å²) in [5.74, 6) is 0.439. The van der Waals surface area contributed by atoms with E-state index in [0.717, 1.165) is 11.4 Å². The van der Waals surface area contributed by atoms with E-state index < -0.39 is 5.54 Å². The number of carbonyl (C=O) groups excluding carboxylic acids is 1. The molecule has 0 atom stereocenters. The number of amides is 1. The van der Waals surface area contributed by atoms with Gasteiger partial charge in [0, 0.05) is 19.2 Å². The van der Waals surface area contributed by atoms with Gasteiger partial charge in [0.2, 0.25) is 0 Å². The number of methoxy groups -OCH3 is 1. The number of carbonyl (C=O) groups is 1. The summed E-state index contributed by atoms with van der Waals surface area (Å²) in [4.78, 5) is 13.7. The highest BCUT2D eigenvalue weighted by Crippen LogP contribution is 2.15. The highest BCUT2D eigenvalue weighted by Gasteiger charge is 2.19. The van der Waals surface area contributed by atoms with E-state index in [1.54, 1.807) is 14.0 Å². The van der Waals surface area contributed by atoms with Crippen LogP contribution in [0.3, 0.4) is 0 Å². The predicted octanol–water partition coefficient (Wildman–Crippen LogP) is 1.49. The van der Waals surface area contributed by atoms with Crippen molar-refractivity contribution in [1.82, 2.24) is 20.3 Å². The molecule has 144 valence electrons. The van der Waals surface area contributed by atoms with Crippen molar-refractivity contribution < 1.29 is 14.3 Å². The van der Waals surface area contributed by atoms with Gasteiger partial charge in [-0.2, -0.15) is 9.90 Å². The minimum atomic E-state index is -0.488. The molecule has 2 rings (SSSR count). The molecule has 0 spiro atoms. The maximum atomic E-state index is 12.2. The summed E-state index contributed by atoms with van der Waals surface area (Å²) in [6.07, 6.45) is 0. The highest BCUT2D eigenvalue weighted by molar-refractivity contribution is 5.93. The minimum Gasteiger partial charge on any atom is -0.491 e. The quantitative estimate of drug-likeness (QED) is 0.669. The molecule has 1 aromatic carbocycles. The third-order valence-corrected chi connectivity index (χ3v) is 3.33. The van der Waals surface area contributed by atoms with Crippen molar-refractivity contribution >= 4 is 18.3 Å². The van der Waals surface area contributed by atoms with Crippen LogP contribution in [-0.2, 0) is 4.74 Å². The van der Waals surface area contributed by atoms with Gasteiger partial charge in [0.15, 0.2) is 5.69 Å². The molecule has 3 N–H and O–H groups in total. The van der Waals surface area contributed by atoms with E-state index in [2.05, 4.69) is 15.5 Å². The van der Waals surface area contributed by atoms with Gasteiger partial charge in [0.1, 0.15) is 12.4 Å². The Bertz CT molecular complexity index is 710. The summed E-state index contributed by atoms with van der Waals surface area (Å²) >= 11 is 0. The summed E-state index contributed by atoms with van der Waals surface area (Å²) < 4.78 is 10.5. The molecular weight excluding hydrogens is 358 g/mol. The van der Waals surface area contributed by atoms with Crippen LogP contribution < -0.4 is 15.8 Å². The van der Waals surface area contributed by atoms with E-state index in [-0.39, 0.29) is 24.0 Å². The van der Waals surface area contributed by atoms with E-state index in [1.807, 2.05) is 38.1 Å². The van der Waals surface area contributed by atoms with Gasteiger partial charge < -0.3 is 20.5 Å². The topological polar surface area (TPSA) is 104 Å². The van der Waals surface area contributed by atoms with Crippen molar-refractivity contribution in [2.75, 3.05) is 26.9 Å². The Kier molecular flexibility index (Phi) is 8.01. The molecule has 0 fully saturated rings. The normalized spacial score (nSPS) is 11.0. The molecule has 0 radical (unpaired) electrons. The number of nitrogens with one attached hydrogen (secondary N) is 1. The third-order valence-electron chi connectivity index (χ3n) is 3.33. The van der Waals surface area contributed by atoms with Crippen LogP contribution in [0.2, 0.25) is 0 Å². The molecule has 0 saturated carbocycles. The zero-order valence-corrected chi connectivity index (χ0v) is 16.3. The molecule has 0 unspecified atom stereocenters. The number of hydrogen-bond donors (Lipinski definition) is 2. The molecule has 1 amide bonds. The standard InChI is InChI=1S/C17H25N5O3.ClH/c1-12-15(16(23)19-11-17(2,3)18)21-22(20-12)13-5-7-14(8-6-13)25-10-9-24-4;/h5-8H,9-11,18H2,1-4H3,(H,19,23);1H. The Morgan fingerprint density at radius 2 is 1.88 bits per heavy atom. The zero-order valence-electron chi connectivity index (χ0n) is 15.5. The fraction of sp³-hybridized carbons (Fsp3) is 0.471. The smallest absolute Gasteiger partial charge is 0.273 e. The van der Waals surface area contributed by atoms with Gasteiger partial charge in [0.05, 0.1) is 18.0 Å². The number of benzene rings is 1. The van der Waals surface area contributed by atoms with Crippen LogP contribution in [-0.4, -0.2) is 53.3 Å². The fourth-order valence-electron chi connectivity index (χ4n) is 2.01. The summed E-state index contributed by atoms with van der Waals surface area (Å²) in [6, 6.07) is 7.29. The lowest BCUT2D eigenvalue weighted by atomic mass is 10.1. The van der Waals surface area contributed by atoms with Crippen LogP contribution in [0.15, 0.2) is 24.3 Å². The second-order valence-electron chi connectivity index (χ2n) is 6.43. The lowest BCUT2D eigenvalue weighted by Gasteiger charge is -2.18. The zero-order chi connectivity index (χ0) is 18.4. The fourth-order valence-corrected chi connectivity index (χ4v) is 2.01. The van der Waals surface area contributed by atoms with Crippen molar-refractivity contribution in [3.63, 3.8) is 0 Å². The number of halogens is 1. The summed E-state index contributed by atoms with van der Waals surface area (Å²) in [5, 5.41) is 11.4. The van der Waals surface area contributed by atoms with Crippen molar-refractivity contribution in [3.05, 3.63) is 35.7 Å². The first-order valence-corrected chi connectivity index (χ1v) is 8.03. The van der Waals surface area contributed by atoms with Crippen LogP contribution in [0.1, 0.15) is 30.0 Å². The molecule has 9 heteroatoms. The Hall–Kier alpha value is -2.16. The number of aromatic nitrogens is 3. The minimum absolute atomic E-state index is 0. The van der Waals surface area contributed by atoms with Gasteiger partial charge in [-0.25, -0.2) is 0 Å². The summed E-state index contributed by atoms with van der Waals surface area (Å²) in [6.45, 7) is 6.79. The first-order chi connectivity index (χ1) is 11.8. The van der Waals surface area contributed by atoms with Crippen LogP contribution >= 0.6 is 12.4 Å². The molecule has 8 nitrogen and oxygen atoms in total. The maximum absolute atomic E-state index is 12.2. The number of rotatable bonds is 8. The van der Waals surface area contributed by atoms with Gasteiger partial charge in [0.25, 0.3) is 5.91 Å². The van der Waals surface area contributed by atoms with E-state index in [1.165, 1.54) is 4.80 Å². The van der Waals surface area contributed by atoms with E-state index in [4.69, 9.17) is 15.2 Å². The number of nitrogens with two attached hydrogens (primary N) is 1. The number of nitrogens with zero attached hydrogens (tertiary/aromatic N) is 3. The van der Waals surface area contributed by atoms with E-state index >= 15 is 0 Å². The molecule has 26 heavy (non-hydrogen) atoms. The predicted molar refractivity (Wildman–Crippen MR) is 101 cm³/mol. The first-order valence-electron chi connectivity index (χ1n) is 8.03. The molecule has 2 aromatic rings. The molecule has 0 aliphatic rings. The van der Waals surface area contributed by atoms with Crippen molar-refractivity contribution in [1.29, 1.82) is 0 Å². The molecule has 1 aromatic heterocycles. The van der Waals surface area contributed by atoms with E-state index in [0.29, 0.717) is 25.5 Å². The lowest BCUT2D eigenvalue weighted by molar-refractivity contribution is 0.0940. The van der Waals surface area contributed by atoms with Crippen LogP contribution in [0, 0.1) is 6.92 Å². The molecule has 0 bridgehead atoms. The van der Waals surface area contributed by atoms with Gasteiger partial charge >= 0.3 is 0 Å². The van der Waals surface area contributed by atoms with Gasteiger partial charge in [-0.05, 0) is 45.0 Å². The first kappa shape index (κ1) is 21.9. The van der Waals surface area contributed by atoms with E-state index in [9.17, 15) is 4.79 Å². The van der Waals surface area contributed by atoms with Gasteiger partial charge in [-0.15, -0.1) is 17.5 Å². The average Bonchev–Trinajstić information content (AvgIpc) is 2.95. The number of hydrogen-bond acceptors (Lipinski definition) is 6. The highest BCUT2D eigenvalue weighted by atomic mass is 35.5. The number of aryl methyl sites for hydroxylation is 1. The lowest BCUT2D eigenvalue weighted by Crippen LogP contribution is -2.45. The number of ether oxygens (including phenoxy) is 2. The van der Waals surface area contributed by atoms with Crippen molar-refractivity contribution in [2.24, 2.45) is 5.73 Å². The van der Waals surface area contributed by atoms with Gasteiger partial charge in [-0.3, -0.25) is 4.79 Å². The van der Waals surface area contributed by atoms with Crippen LogP contribution in [0.25, 0.3) is 5.69 Å². The average molecular weight is 384 g/mol. The summed E-state index contributed by atoms with van der Waals surface area (Å²) in [5.41, 5.74) is 6.96. The SMILES string of the molecule is COCCOc1ccc(-n2nc(C)c(C(=O)NCC(C)(C)N)n2)cc1.Cl. The Balaban J connectivity index is 0.00000338. The largest absolute Gasteiger partial charge is 0.491 e. The van der Waals surface area contributed by atoms with Crippen LogP contribution in [0.4, 0.5) is 0 Å². The van der Waals surface area contributed by atoms with Crippen molar-refractivity contribution in [3.8, 4) is 11.4 Å². The molecule has 1 heterocycles. The second-order valence-corrected chi connectivity index (χ2v) is 6.43. The molecular formula is C17H26ClN5O3. The second kappa shape index (κ2) is 9.51. The molecule has 0 saturated heterocycles.